The molecule has 3 rings (SSSR count). The molecule has 0 saturated carbocycles. The fourth-order valence-corrected chi connectivity index (χ4v) is 4.31. The molecule has 1 aliphatic rings. The predicted octanol–water partition coefficient (Wildman–Crippen LogP) is 3.82. The highest BCUT2D eigenvalue weighted by molar-refractivity contribution is 7.09. The van der Waals surface area contributed by atoms with Gasteiger partial charge < -0.3 is 10.1 Å². The number of nitrogens with one attached hydrogen (secondary N) is 1. The summed E-state index contributed by atoms with van der Waals surface area (Å²) in [6.07, 6.45) is 2.77. The van der Waals surface area contributed by atoms with Crippen molar-refractivity contribution in [2.24, 2.45) is 5.92 Å². The van der Waals surface area contributed by atoms with Gasteiger partial charge in [-0.15, -0.1) is 11.3 Å². The van der Waals surface area contributed by atoms with E-state index in [1.54, 1.807) is 11.3 Å². The van der Waals surface area contributed by atoms with Crippen LogP contribution in [-0.4, -0.2) is 30.6 Å². The zero-order chi connectivity index (χ0) is 17.7. The van der Waals surface area contributed by atoms with Gasteiger partial charge in [0.15, 0.2) is 0 Å². The maximum atomic E-state index is 12.6. The van der Waals surface area contributed by atoms with E-state index < -0.39 is 0 Å². The Morgan fingerprint density at radius 3 is 2.68 bits per heavy atom. The SMILES string of the molecule is CC(C)Cc1nc(C(=O)NCC2(c3ccccc3)CCOCC2)cs1. The number of ether oxygens (including phenoxy) is 1. The Morgan fingerprint density at radius 1 is 1.28 bits per heavy atom. The third-order valence-electron chi connectivity index (χ3n) is 4.79. The summed E-state index contributed by atoms with van der Waals surface area (Å²) in [7, 11) is 0. The van der Waals surface area contributed by atoms with Gasteiger partial charge in [-0.1, -0.05) is 44.2 Å². The maximum Gasteiger partial charge on any atom is 0.270 e. The number of nitrogens with zero attached hydrogens (tertiary/aromatic N) is 1. The van der Waals surface area contributed by atoms with Gasteiger partial charge in [0, 0.05) is 37.0 Å². The Labute approximate surface area is 153 Å². The van der Waals surface area contributed by atoms with Gasteiger partial charge in [-0.2, -0.15) is 0 Å². The topological polar surface area (TPSA) is 51.2 Å². The van der Waals surface area contributed by atoms with Crippen LogP contribution in [0.3, 0.4) is 0 Å². The van der Waals surface area contributed by atoms with Crippen molar-refractivity contribution in [2.45, 2.75) is 38.5 Å². The van der Waals surface area contributed by atoms with Gasteiger partial charge in [-0.25, -0.2) is 4.98 Å². The van der Waals surface area contributed by atoms with E-state index in [2.05, 4.69) is 48.4 Å². The summed E-state index contributed by atoms with van der Waals surface area (Å²) in [5, 5.41) is 6.02. The van der Waals surface area contributed by atoms with Crippen molar-refractivity contribution in [1.82, 2.24) is 10.3 Å². The van der Waals surface area contributed by atoms with Gasteiger partial charge in [-0.3, -0.25) is 4.79 Å². The fourth-order valence-electron chi connectivity index (χ4n) is 3.32. The van der Waals surface area contributed by atoms with Crippen LogP contribution < -0.4 is 5.32 Å². The average Bonchev–Trinajstić information content (AvgIpc) is 3.09. The monoisotopic (exact) mass is 358 g/mol. The summed E-state index contributed by atoms with van der Waals surface area (Å²) in [6.45, 7) is 6.42. The van der Waals surface area contributed by atoms with Gasteiger partial charge >= 0.3 is 0 Å². The number of hydrogen-bond donors (Lipinski definition) is 1. The molecule has 1 aromatic heterocycles. The summed E-state index contributed by atoms with van der Waals surface area (Å²) in [5.74, 6) is 0.471. The minimum atomic E-state index is -0.0759. The number of benzene rings is 1. The first-order valence-corrected chi connectivity index (χ1v) is 9.83. The van der Waals surface area contributed by atoms with Gasteiger partial charge in [0.1, 0.15) is 5.69 Å². The van der Waals surface area contributed by atoms with Gasteiger partial charge in [0.25, 0.3) is 5.91 Å². The van der Waals surface area contributed by atoms with E-state index in [4.69, 9.17) is 4.74 Å². The fraction of sp³-hybridized carbons (Fsp3) is 0.500. The molecule has 0 aliphatic carbocycles. The minimum Gasteiger partial charge on any atom is -0.381 e. The molecule has 1 amide bonds. The maximum absolute atomic E-state index is 12.6. The zero-order valence-electron chi connectivity index (χ0n) is 15.0. The van der Waals surface area contributed by atoms with Crippen molar-refractivity contribution in [1.29, 1.82) is 0 Å². The molecule has 0 bridgehead atoms. The second kappa shape index (κ2) is 8.11. The first-order valence-electron chi connectivity index (χ1n) is 8.95. The van der Waals surface area contributed by atoms with E-state index >= 15 is 0 Å². The van der Waals surface area contributed by atoms with Crippen LogP contribution in [0.1, 0.15) is 47.7 Å². The quantitative estimate of drug-likeness (QED) is 0.854. The Bertz CT molecular complexity index is 691. The lowest BCUT2D eigenvalue weighted by Crippen LogP contribution is -2.44. The number of hydrogen-bond acceptors (Lipinski definition) is 4. The second-order valence-corrected chi connectivity index (χ2v) is 8.11. The first-order chi connectivity index (χ1) is 12.1. The van der Waals surface area contributed by atoms with Crippen molar-refractivity contribution in [2.75, 3.05) is 19.8 Å². The number of carbonyl (C=O) groups excluding carboxylic acids is 1. The number of thiazole rings is 1. The number of carbonyl (C=O) groups is 1. The average molecular weight is 359 g/mol. The summed E-state index contributed by atoms with van der Waals surface area (Å²) < 4.78 is 5.55. The normalized spacial score (nSPS) is 16.8. The smallest absolute Gasteiger partial charge is 0.270 e. The van der Waals surface area contributed by atoms with Gasteiger partial charge in [0.05, 0.1) is 5.01 Å². The Balaban J connectivity index is 1.69. The highest BCUT2D eigenvalue weighted by Gasteiger charge is 2.34. The number of aromatic nitrogens is 1. The van der Waals surface area contributed by atoms with Crippen molar-refractivity contribution in [3.05, 3.63) is 52.0 Å². The van der Waals surface area contributed by atoms with E-state index in [0.717, 1.165) is 37.5 Å². The molecule has 1 fully saturated rings. The largest absolute Gasteiger partial charge is 0.381 e. The minimum absolute atomic E-state index is 0.0496. The van der Waals surface area contributed by atoms with E-state index in [0.29, 0.717) is 18.2 Å². The summed E-state index contributed by atoms with van der Waals surface area (Å²) in [4.78, 5) is 17.1. The molecule has 5 heteroatoms. The second-order valence-electron chi connectivity index (χ2n) is 7.17. The van der Waals surface area contributed by atoms with Crippen molar-refractivity contribution >= 4 is 17.2 Å². The molecule has 4 nitrogen and oxygen atoms in total. The summed E-state index contributed by atoms with van der Waals surface area (Å²) in [6, 6.07) is 10.5. The van der Waals surface area contributed by atoms with Crippen LogP contribution in [0.2, 0.25) is 0 Å². The first kappa shape index (κ1) is 18.1. The highest BCUT2D eigenvalue weighted by atomic mass is 32.1. The number of amides is 1. The third kappa shape index (κ3) is 4.47. The molecule has 1 aromatic carbocycles. The molecule has 0 radical (unpaired) electrons. The molecule has 1 N–H and O–H groups in total. The molecule has 25 heavy (non-hydrogen) atoms. The molecule has 1 saturated heterocycles. The number of rotatable bonds is 6. The molecule has 1 aliphatic heterocycles. The Hall–Kier alpha value is -1.72. The standard InChI is InChI=1S/C20H26N2O2S/c1-15(2)12-18-22-17(13-25-18)19(23)21-14-20(8-10-24-11-9-20)16-6-4-3-5-7-16/h3-7,13,15H,8-12,14H2,1-2H3,(H,21,23). The molecule has 2 heterocycles. The molecular formula is C20H26N2O2S. The van der Waals surface area contributed by atoms with Crippen LogP contribution >= 0.6 is 11.3 Å². The highest BCUT2D eigenvalue weighted by Crippen LogP contribution is 2.34. The molecule has 0 spiro atoms. The lowest BCUT2D eigenvalue weighted by atomic mass is 9.74. The summed E-state index contributed by atoms with van der Waals surface area (Å²) in [5.41, 5.74) is 1.76. The lowest BCUT2D eigenvalue weighted by molar-refractivity contribution is 0.0487. The predicted molar refractivity (Wildman–Crippen MR) is 101 cm³/mol. The lowest BCUT2D eigenvalue weighted by Gasteiger charge is -2.37. The van der Waals surface area contributed by atoms with Crippen LogP contribution in [-0.2, 0) is 16.6 Å². The van der Waals surface area contributed by atoms with Crippen molar-refractivity contribution < 1.29 is 9.53 Å². The molecule has 0 unspecified atom stereocenters. The van der Waals surface area contributed by atoms with Crippen LogP contribution in [0.5, 0.6) is 0 Å². The van der Waals surface area contributed by atoms with E-state index in [1.165, 1.54) is 5.56 Å². The van der Waals surface area contributed by atoms with E-state index in [-0.39, 0.29) is 11.3 Å². The molecule has 134 valence electrons. The Kier molecular flexibility index (Phi) is 5.86. The van der Waals surface area contributed by atoms with Crippen molar-refractivity contribution in [3.8, 4) is 0 Å². The molecule has 2 aromatic rings. The van der Waals surface area contributed by atoms with Crippen LogP contribution in [0.15, 0.2) is 35.7 Å². The molecule has 0 atom stereocenters. The van der Waals surface area contributed by atoms with Crippen LogP contribution in [0.4, 0.5) is 0 Å². The van der Waals surface area contributed by atoms with Crippen molar-refractivity contribution in [3.63, 3.8) is 0 Å². The molecular weight excluding hydrogens is 332 g/mol. The Morgan fingerprint density at radius 2 is 2.00 bits per heavy atom. The van der Waals surface area contributed by atoms with Crippen LogP contribution in [0, 0.1) is 5.92 Å². The van der Waals surface area contributed by atoms with E-state index in [9.17, 15) is 4.79 Å². The summed E-state index contributed by atoms with van der Waals surface area (Å²) >= 11 is 1.57. The van der Waals surface area contributed by atoms with E-state index in [1.807, 2.05) is 11.4 Å². The van der Waals surface area contributed by atoms with Crippen LogP contribution in [0.25, 0.3) is 0 Å². The van der Waals surface area contributed by atoms with Gasteiger partial charge in [-0.05, 0) is 24.3 Å². The zero-order valence-corrected chi connectivity index (χ0v) is 15.8. The van der Waals surface area contributed by atoms with Gasteiger partial charge in [0.2, 0.25) is 0 Å². The third-order valence-corrected chi connectivity index (χ3v) is 5.66.